The van der Waals surface area contributed by atoms with Crippen LogP contribution in [0.1, 0.15) is 70.4 Å². The number of rotatable bonds is 26. The summed E-state index contributed by atoms with van der Waals surface area (Å²) in [5.74, 6) is 0.178. The van der Waals surface area contributed by atoms with Crippen LogP contribution in [0.5, 0.6) is 23.0 Å². The molecule has 0 radical (unpaired) electrons. The lowest BCUT2D eigenvalue weighted by Crippen LogP contribution is -2.41. The largest absolute Gasteiger partial charge is 0.494 e. The highest BCUT2D eigenvalue weighted by atomic mass is 16.8. The maximum Gasteiger partial charge on any atom is 0.343 e. The van der Waals surface area contributed by atoms with Gasteiger partial charge in [-0.15, -0.1) is 0 Å². The summed E-state index contributed by atoms with van der Waals surface area (Å²) in [6.07, 6.45) is 5.49. The van der Waals surface area contributed by atoms with Gasteiger partial charge in [0.05, 0.1) is 64.0 Å². The van der Waals surface area contributed by atoms with E-state index in [9.17, 15) is 19.2 Å². The molecule has 2 atom stereocenters. The first-order chi connectivity index (χ1) is 30.3. The summed E-state index contributed by atoms with van der Waals surface area (Å²) >= 11 is 0. The number of hydrogen-bond donors (Lipinski definition) is 0. The molecule has 1 fully saturated rings. The smallest absolute Gasteiger partial charge is 0.343 e. The molecule has 14 heteroatoms. The third-order valence-electron chi connectivity index (χ3n) is 9.08. The fourth-order valence-electron chi connectivity index (χ4n) is 5.71. The van der Waals surface area contributed by atoms with Crippen molar-refractivity contribution in [2.45, 2.75) is 64.3 Å². The van der Waals surface area contributed by atoms with E-state index < -0.39 is 36.5 Å². The maximum atomic E-state index is 12.8. The van der Waals surface area contributed by atoms with E-state index in [0.29, 0.717) is 73.8 Å². The SMILES string of the molecule is C=CC(=O)OCCCCCOc1ccc(C(=O)Oc2ccc(COC3OCCOC3OCc3ccc(OC(=O)c4ccc(OCCCCCOC(=O)C=C)cc4)cc3)cc2)cc1. The normalized spacial score (nSPS) is 14.5. The second-order valence-corrected chi connectivity index (χ2v) is 13.8. The van der Waals surface area contributed by atoms with E-state index in [2.05, 4.69) is 13.2 Å². The van der Waals surface area contributed by atoms with E-state index in [-0.39, 0.29) is 13.2 Å². The Bertz CT molecular complexity index is 1860. The fraction of sp³-hybridized carbons (Fsp3) is 0.333. The van der Waals surface area contributed by atoms with E-state index in [1.807, 2.05) is 0 Å². The van der Waals surface area contributed by atoms with Crippen molar-refractivity contribution >= 4 is 23.9 Å². The number of carbonyl (C=O) groups excluding carboxylic acids is 4. The molecule has 1 aliphatic rings. The minimum absolute atomic E-state index is 0.195. The molecule has 0 bridgehead atoms. The lowest BCUT2D eigenvalue weighted by molar-refractivity contribution is -0.326. The fourth-order valence-corrected chi connectivity index (χ4v) is 5.71. The minimum Gasteiger partial charge on any atom is -0.494 e. The molecule has 1 heterocycles. The second kappa shape index (κ2) is 26.1. The van der Waals surface area contributed by atoms with E-state index in [4.69, 9.17) is 47.4 Å². The molecular formula is C48H52O14. The molecule has 0 amide bonds. The third kappa shape index (κ3) is 16.6. The number of benzene rings is 4. The molecule has 0 aromatic heterocycles. The number of unbranched alkanes of at least 4 members (excludes halogenated alkanes) is 4. The minimum atomic E-state index is -0.778. The Morgan fingerprint density at radius 1 is 0.484 bits per heavy atom. The Hall–Kier alpha value is -6.32. The molecule has 0 spiro atoms. The summed E-state index contributed by atoms with van der Waals surface area (Å²) in [6, 6.07) is 27.4. The highest BCUT2D eigenvalue weighted by Crippen LogP contribution is 2.22. The summed E-state index contributed by atoms with van der Waals surface area (Å²) in [6.45, 7) is 9.51. The van der Waals surface area contributed by atoms with Crippen LogP contribution in [0.25, 0.3) is 0 Å². The van der Waals surface area contributed by atoms with Crippen LogP contribution in [0.3, 0.4) is 0 Å². The predicted molar refractivity (Wildman–Crippen MR) is 226 cm³/mol. The van der Waals surface area contributed by atoms with Gasteiger partial charge in [0.1, 0.15) is 23.0 Å². The highest BCUT2D eigenvalue weighted by molar-refractivity contribution is 5.91. The number of esters is 4. The summed E-state index contributed by atoms with van der Waals surface area (Å²) in [4.78, 5) is 47.6. The molecule has 4 aromatic carbocycles. The van der Waals surface area contributed by atoms with Crippen molar-refractivity contribution in [3.8, 4) is 23.0 Å². The zero-order valence-electron chi connectivity index (χ0n) is 34.6. The quantitative estimate of drug-likeness (QED) is 0.0258. The molecule has 0 aliphatic carbocycles. The van der Waals surface area contributed by atoms with E-state index in [0.717, 1.165) is 61.8 Å². The van der Waals surface area contributed by atoms with Crippen molar-refractivity contribution in [1.29, 1.82) is 0 Å². The van der Waals surface area contributed by atoms with Crippen molar-refractivity contribution in [2.75, 3.05) is 39.6 Å². The van der Waals surface area contributed by atoms with Crippen molar-refractivity contribution in [3.05, 3.63) is 145 Å². The lowest BCUT2D eigenvalue weighted by atomic mass is 10.2. The van der Waals surface area contributed by atoms with Gasteiger partial charge < -0.3 is 47.4 Å². The molecule has 4 aromatic rings. The average molecular weight is 853 g/mol. The molecule has 1 saturated heterocycles. The lowest BCUT2D eigenvalue weighted by Gasteiger charge is -2.31. The number of carbonyl (C=O) groups is 4. The Kier molecular flexibility index (Phi) is 19.7. The first-order valence-corrected chi connectivity index (χ1v) is 20.4. The Balaban J connectivity index is 0.970. The van der Waals surface area contributed by atoms with Gasteiger partial charge in [0.2, 0.25) is 12.6 Å². The summed E-state index contributed by atoms with van der Waals surface area (Å²) in [5, 5.41) is 0. The molecule has 62 heavy (non-hydrogen) atoms. The molecule has 0 saturated carbocycles. The van der Waals surface area contributed by atoms with E-state index >= 15 is 0 Å². The second-order valence-electron chi connectivity index (χ2n) is 13.8. The van der Waals surface area contributed by atoms with Gasteiger partial charge in [0.25, 0.3) is 0 Å². The Morgan fingerprint density at radius 2 is 0.839 bits per heavy atom. The van der Waals surface area contributed by atoms with Crippen LogP contribution >= 0.6 is 0 Å². The van der Waals surface area contributed by atoms with Gasteiger partial charge in [-0.3, -0.25) is 0 Å². The van der Waals surface area contributed by atoms with Gasteiger partial charge in [-0.05, 0) is 122 Å². The van der Waals surface area contributed by atoms with Crippen LogP contribution in [0.4, 0.5) is 0 Å². The topological polar surface area (TPSA) is 161 Å². The summed E-state index contributed by atoms with van der Waals surface area (Å²) < 4.78 is 56.1. The van der Waals surface area contributed by atoms with Crippen LogP contribution in [0.15, 0.2) is 122 Å². The molecule has 14 nitrogen and oxygen atoms in total. The predicted octanol–water partition coefficient (Wildman–Crippen LogP) is 8.11. The zero-order chi connectivity index (χ0) is 43.8. The van der Waals surface area contributed by atoms with Crippen LogP contribution in [-0.4, -0.2) is 76.1 Å². The van der Waals surface area contributed by atoms with Crippen molar-refractivity contribution in [2.24, 2.45) is 0 Å². The highest BCUT2D eigenvalue weighted by Gasteiger charge is 2.29. The zero-order valence-corrected chi connectivity index (χ0v) is 34.6. The third-order valence-corrected chi connectivity index (χ3v) is 9.08. The van der Waals surface area contributed by atoms with Crippen molar-refractivity contribution < 1.29 is 66.5 Å². The van der Waals surface area contributed by atoms with Gasteiger partial charge in [-0.2, -0.15) is 0 Å². The van der Waals surface area contributed by atoms with Crippen molar-refractivity contribution in [1.82, 2.24) is 0 Å². The number of ether oxygens (including phenoxy) is 10. The first-order valence-electron chi connectivity index (χ1n) is 20.4. The summed E-state index contributed by atoms with van der Waals surface area (Å²) in [7, 11) is 0. The molecule has 0 N–H and O–H groups in total. The molecule has 2 unspecified atom stereocenters. The average Bonchev–Trinajstić information content (AvgIpc) is 3.30. The van der Waals surface area contributed by atoms with E-state index in [1.54, 1.807) is 97.1 Å². The van der Waals surface area contributed by atoms with Gasteiger partial charge in [0.15, 0.2) is 0 Å². The summed E-state index contributed by atoms with van der Waals surface area (Å²) in [5.41, 5.74) is 2.40. The molecule has 1 aliphatic heterocycles. The van der Waals surface area contributed by atoms with Gasteiger partial charge >= 0.3 is 23.9 Å². The van der Waals surface area contributed by atoms with Gasteiger partial charge in [-0.1, -0.05) is 37.4 Å². The van der Waals surface area contributed by atoms with Crippen LogP contribution < -0.4 is 18.9 Å². The van der Waals surface area contributed by atoms with Crippen LogP contribution in [0, 0.1) is 0 Å². The van der Waals surface area contributed by atoms with Crippen molar-refractivity contribution in [3.63, 3.8) is 0 Å². The standard InChI is InChI=1S/C48H52O14/c1-3-43(49)55-29-9-5-7-27-53-39-23-15-37(16-24-39)45(51)61-41-19-11-35(12-20-41)33-59-47-48(58-32-31-57-47)60-34-36-13-21-42(22-14-36)62-46(52)38-17-25-40(26-18-38)54-28-8-6-10-30-56-44(50)4-2/h3-4,11-26,47-48H,1-2,5-10,27-34H2. The Labute approximate surface area is 361 Å². The molecular weight excluding hydrogens is 801 g/mol. The maximum absolute atomic E-state index is 12.8. The first kappa shape index (κ1) is 46.7. The Morgan fingerprint density at radius 3 is 1.21 bits per heavy atom. The van der Waals surface area contributed by atoms with Crippen LogP contribution in [0.2, 0.25) is 0 Å². The van der Waals surface area contributed by atoms with Gasteiger partial charge in [0, 0.05) is 12.2 Å². The monoisotopic (exact) mass is 852 g/mol. The number of hydrogen-bond acceptors (Lipinski definition) is 14. The van der Waals surface area contributed by atoms with E-state index in [1.165, 1.54) is 0 Å². The molecule has 5 rings (SSSR count). The van der Waals surface area contributed by atoms with Gasteiger partial charge in [-0.25, -0.2) is 19.2 Å². The molecule has 328 valence electrons. The van der Waals surface area contributed by atoms with Crippen LogP contribution in [-0.2, 0) is 51.2 Å².